The minimum Gasteiger partial charge on any atom is -0.342 e. The molecule has 1 atom stereocenters. The van der Waals surface area contributed by atoms with Gasteiger partial charge in [0.05, 0.1) is 22.6 Å². The van der Waals surface area contributed by atoms with Crippen LogP contribution >= 0.6 is 0 Å². The summed E-state index contributed by atoms with van der Waals surface area (Å²) in [6.45, 7) is 3.79. The minimum absolute atomic E-state index is 0.157. The summed E-state index contributed by atoms with van der Waals surface area (Å²) in [7, 11) is 0. The molecule has 0 aliphatic rings. The van der Waals surface area contributed by atoms with Crippen molar-refractivity contribution in [3.05, 3.63) is 59.7 Å². The normalized spacial score (nSPS) is 12.3. The van der Waals surface area contributed by atoms with Gasteiger partial charge in [0, 0.05) is 11.9 Å². The zero-order valence-corrected chi connectivity index (χ0v) is 11.9. The molecule has 5 heteroatoms. The zero-order valence-electron chi connectivity index (χ0n) is 11.9. The number of aryl methyl sites for hydroxylation is 1. The van der Waals surface area contributed by atoms with E-state index in [9.17, 15) is 4.79 Å². The van der Waals surface area contributed by atoms with Crippen LogP contribution in [-0.2, 0) is 0 Å². The molecule has 0 fully saturated rings. The number of aromatic amines is 1. The maximum Gasteiger partial charge on any atom is 0.253 e. The van der Waals surface area contributed by atoms with Crippen molar-refractivity contribution in [2.24, 2.45) is 0 Å². The number of hydrogen-bond acceptors (Lipinski definition) is 3. The van der Waals surface area contributed by atoms with E-state index in [0.717, 1.165) is 22.6 Å². The van der Waals surface area contributed by atoms with Gasteiger partial charge in [0.25, 0.3) is 5.91 Å². The van der Waals surface area contributed by atoms with Crippen molar-refractivity contribution in [2.45, 2.75) is 19.9 Å². The Morgan fingerprint density at radius 1 is 1.24 bits per heavy atom. The van der Waals surface area contributed by atoms with Crippen LogP contribution in [0.1, 0.15) is 34.8 Å². The van der Waals surface area contributed by atoms with Crippen LogP contribution in [0.25, 0.3) is 11.0 Å². The summed E-state index contributed by atoms with van der Waals surface area (Å²) in [6, 6.07) is 11.2. The third kappa shape index (κ3) is 2.76. The predicted octanol–water partition coefficient (Wildman–Crippen LogP) is 2.76. The Balaban J connectivity index is 1.77. The van der Waals surface area contributed by atoms with Crippen molar-refractivity contribution >= 4 is 16.9 Å². The summed E-state index contributed by atoms with van der Waals surface area (Å²) in [5, 5.41) is 2.92. The molecule has 3 aromatic rings. The van der Waals surface area contributed by atoms with E-state index < -0.39 is 0 Å². The summed E-state index contributed by atoms with van der Waals surface area (Å²) in [5.74, 6) is 0.583. The molecule has 2 heterocycles. The van der Waals surface area contributed by atoms with Crippen molar-refractivity contribution in [3.8, 4) is 0 Å². The van der Waals surface area contributed by atoms with Gasteiger partial charge < -0.3 is 10.3 Å². The van der Waals surface area contributed by atoms with Crippen LogP contribution in [0.2, 0.25) is 0 Å². The molecular weight excluding hydrogens is 264 g/mol. The molecular formula is C16H16N4O. The molecule has 2 N–H and O–H groups in total. The molecule has 0 unspecified atom stereocenters. The van der Waals surface area contributed by atoms with Gasteiger partial charge in [-0.1, -0.05) is 12.1 Å². The zero-order chi connectivity index (χ0) is 14.8. The van der Waals surface area contributed by atoms with Gasteiger partial charge in [-0.3, -0.25) is 9.78 Å². The van der Waals surface area contributed by atoms with Gasteiger partial charge in [0.15, 0.2) is 0 Å². The fourth-order valence-corrected chi connectivity index (χ4v) is 2.13. The van der Waals surface area contributed by atoms with Gasteiger partial charge in [-0.25, -0.2) is 4.98 Å². The van der Waals surface area contributed by atoms with Gasteiger partial charge in [-0.05, 0) is 38.1 Å². The first-order valence-corrected chi connectivity index (χ1v) is 6.81. The smallest absolute Gasteiger partial charge is 0.253 e. The lowest BCUT2D eigenvalue weighted by Gasteiger charge is -2.11. The quantitative estimate of drug-likeness (QED) is 0.775. The summed E-state index contributed by atoms with van der Waals surface area (Å²) in [6.07, 6.45) is 1.58. The summed E-state index contributed by atoms with van der Waals surface area (Å²) >= 11 is 0. The molecule has 0 aliphatic heterocycles. The van der Waals surface area contributed by atoms with Crippen LogP contribution in [0.4, 0.5) is 0 Å². The van der Waals surface area contributed by atoms with Crippen molar-refractivity contribution in [3.63, 3.8) is 0 Å². The second-order valence-corrected chi connectivity index (χ2v) is 5.02. The molecule has 0 spiro atoms. The molecule has 0 aliphatic carbocycles. The average molecular weight is 280 g/mol. The monoisotopic (exact) mass is 280 g/mol. The number of fused-ring (bicyclic) bond motifs is 1. The third-order valence-corrected chi connectivity index (χ3v) is 3.34. The molecule has 2 aromatic heterocycles. The molecule has 1 amide bonds. The second-order valence-electron chi connectivity index (χ2n) is 5.02. The number of nitrogens with zero attached hydrogens (tertiary/aromatic N) is 2. The molecule has 1 aromatic carbocycles. The highest BCUT2D eigenvalue weighted by Gasteiger charge is 2.14. The predicted molar refractivity (Wildman–Crippen MR) is 80.9 cm³/mol. The number of carbonyl (C=O) groups is 1. The van der Waals surface area contributed by atoms with Crippen molar-refractivity contribution in [2.75, 3.05) is 0 Å². The van der Waals surface area contributed by atoms with Crippen LogP contribution < -0.4 is 5.32 Å². The molecule has 0 saturated heterocycles. The Hall–Kier alpha value is -2.69. The highest BCUT2D eigenvalue weighted by Crippen LogP contribution is 2.15. The number of carbonyl (C=O) groups excluding carboxylic acids is 1. The first-order valence-electron chi connectivity index (χ1n) is 6.81. The van der Waals surface area contributed by atoms with E-state index in [1.54, 1.807) is 12.3 Å². The number of nitrogens with one attached hydrogen (secondary N) is 2. The Labute approximate surface area is 122 Å². The van der Waals surface area contributed by atoms with Crippen LogP contribution in [0.15, 0.2) is 42.6 Å². The summed E-state index contributed by atoms with van der Waals surface area (Å²) in [4.78, 5) is 24.0. The second kappa shape index (κ2) is 5.36. The summed E-state index contributed by atoms with van der Waals surface area (Å²) < 4.78 is 0. The SMILES string of the molecule is Cc1ccc(C(=O)N[C@@H](C)c2nc3ccccc3[nH]2)cn1. The molecule has 0 saturated carbocycles. The van der Waals surface area contributed by atoms with E-state index >= 15 is 0 Å². The number of hydrogen-bond donors (Lipinski definition) is 2. The number of pyridine rings is 1. The Morgan fingerprint density at radius 2 is 2.05 bits per heavy atom. The van der Waals surface area contributed by atoms with E-state index in [-0.39, 0.29) is 11.9 Å². The number of amides is 1. The fourth-order valence-electron chi connectivity index (χ4n) is 2.13. The van der Waals surface area contributed by atoms with E-state index in [1.165, 1.54) is 0 Å². The molecule has 106 valence electrons. The van der Waals surface area contributed by atoms with Crippen LogP contribution in [-0.4, -0.2) is 20.9 Å². The lowest BCUT2D eigenvalue weighted by Crippen LogP contribution is -2.27. The molecule has 5 nitrogen and oxygen atoms in total. The number of H-pyrrole nitrogens is 1. The molecule has 0 bridgehead atoms. The van der Waals surface area contributed by atoms with Gasteiger partial charge in [0.2, 0.25) is 0 Å². The Kier molecular flexibility index (Phi) is 3.39. The van der Waals surface area contributed by atoms with E-state index in [0.29, 0.717) is 5.56 Å². The van der Waals surface area contributed by atoms with Crippen molar-refractivity contribution in [1.82, 2.24) is 20.3 Å². The van der Waals surface area contributed by atoms with Crippen LogP contribution in [0, 0.1) is 6.92 Å². The van der Waals surface area contributed by atoms with Gasteiger partial charge in [-0.15, -0.1) is 0 Å². The number of para-hydroxylation sites is 2. The van der Waals surface area contributed by atoms with Crippen LogP contribution in [0.3, 0.4) is 0 Å². The van der Waals surface area contributed by atoms with E-state index in [4.69, 9.17) is 0 Å². The first-order chi connectivity index (χ1) is 10.1. The fraction of sp³-hybridized carbons (Fsp3) is 0.188. The Bertz CT molecular complexity index is 743. The highest BCUT2D eigenvalue weighted by atomic mass is 16.1. The topological polar surface area (TPSA) is 70.7 Å². The lowest BCUT2D eigenvalue weighted by molar-refractivity contribution is 0.0938. The average Bonchev–Trinajstić information content (AvgIpc) is 2.92. The van der Waals surface area contributed by atoms with Crippen molar-refractivity contribution < 1.29 is 4.79 Å². The number of imidazole rings is 1. The van der Waals surface area contributed by atoms with Gasteiger partial charge >= 0.3 is 0 Å². The van der Waals surface area contributed by atoms with Gasteiger partial charge in [0.1, 0.15) is 5.82 Å². The standard InChI is InChI=1S/C16H16N4O/c1-10-7-8-12(9-17-10)16(21)18-11(2)15-19-13-5-3-4-6-14(13)20-15/h3-9,11H,1-2H3,(H,18,21)(H,19,20)/t11-/m0/s1. The maximum atomic E-state index is 12.2. The number of benzene rings is 1. The number of rotatable bonds is 3. The maximum absolute atomic E-state index is 12.2. The minimum atomic E-state index is -0.203. The van der Waals surface area contributed by atoms with Gasteiger partial charge in [-0.2, -0.15) is 0 Å². The Morgan fingerprint density at radius 3 is 2.76 bits per heavy atom. The van der Waals surface area contributed by atoms with E-state index in [1.807, 2.05) is 44.2 Å². The molecule has 0 radical (unpaired) electrons. The molecule has 21 heavy (non-hydrogen) atoms. The first kappa shape index (κ1) is 13.3. The third-order valence-electron chi connectivity index (χ3n) is 3.34. The van der Waals surface area contributed by atoms with Crippen LogP contribution in [0.5, 0.6) is 0 Å². The summed E-state index contributed by atoms with van der Waals surface area (Å²) in [5.41, 5.74) is 3.29. The number of aromatic nitrogens is 3. The highest BCUT2D eigenvalue weighted by molar-refractivity contribution is 5.94. The van der Waals surface area contributed by atoms with E-state index in [2.05, 4.69) is 20.3 Å². The molecule has 3 rings (SSSR count). The lowest BCUT2D eigenvalue weighted by atomic mass is 10.2. The van der Waals surface area contributed by atoms with Crippen molar-refractivity contribution in [1.29, 1.82) is 0 Å². The largest absolute Gasteiger partial charge is 0.342 e.